The van der Waals surface area contributed by atoms with E-state index in [1.54, 1.807) is 0 Å². The monoisotopic (exact) mass is 586 g/mol. The Labute approximate surface area is 253 Å². The number of piperidine rings is 1. The maximum Gasteiger partial charge on any atom is 0.307 e. The lowest BCUT2D eigenvalue weighted by molar-refractivity contribution is -0.145. The van der Waals surface area contributed by atoms with Gasteiger partial charge in [-0.3, -0.25) is 14.5 Å². The predicted molar refractivity (Wildman–Crippen MR) is 159 cm³/mol. The summed E-state index contributed by atoms with van der Waals surface area (Å²) in [5.41, 5.74) is 2.00. The van der Waals surface area contributed by atoms with Crippen molar-refractivity contribution in [3.8, 4) is 11.5 Å². The van der Waals surface area contributed by atoms with E-state index in [0.29, 0.717) is 31.1 Å². The standard InChI is InChI=1S/C35H42N2O6/c1-4-5-16-42-27-13-10-20(2)29-30(27)43-32-24(37-25(17-28(38)41-3)22-8-6-7-9-23(22)33(37)39)14-15-35(40)31-26(18-34(29,32)35)36(31)19-21-11-12-21/h6-10,13,21,24-26,31-32,40H,4-5,11-12,14-19H2,1-3H3/t24-,25?,26?,31-,32+,34+,35-,36?/m1/s1. The Morgan fingerprint density at radius 2 is 1.95 bits per heavy atom. The van der Waals surface area contributed by atoms with Gasteiger partial charge in [0.25, 0.3) is 5.91 Å². The van der Waals surface area contributed by atoms with Gasteiger partial charge in [0.05, 0.1) is 49.3 Å². The fourth-order valence-electron chi connectivity index (χ4n) is 9.42. The number of carbonyl (C=O) groups is 2. The van der Waals surface area contributed by atoms with Gasteiger partial charge in [0, 0.05) is 23.7 Å². The van der Waals surface area contributed by atoms with Gasteiger partial charge in [-0.2, -0.15) is 0 Å². The number of nitrogens with zero attached hydrogens (tertiary/aromatic N) is 2. The molecular formula is C35H42N2O6. The van der Waals surface area contributed by atoms with Gasteiger partial charge in [-0.25, -0.2) is 0 Å². The maximum absolute atomic E-state index is 14.2. The third-order valence-corrected chi connectivity index (χ3v) is 11.5. The van der Waals surface area contributed by atoms with E-state index >= 15 is 0 Å². The van der Waals surface area contributed by atoms with Crippen LogP contribution in [0.1, 0.15) is 91.4 Å². The topological polar surface area (TPSA) is 88.3 Å². The van der Waals surface area contributed by atoms with Crippen molar-refractivity contribution in [2.45, 2.75) is 107 Å². The smallest absolute Gasteiger partial charge is 0.307 e. The van der Waals surface area contributed by atoms with E-state index in [1.807, 2.05) is 35.2 Å². The number of esters is 1. The van der Waals surface area contributed by atoms with Crippen LogP contribution in [0.15, 0.2) is 36.4 Å². The third-order valence-electron chi connectivity index (χ3n) is 11.5. The van der Waals surface area contributed by atoms with Gasteiger partial charge in [0.15, 0.2) is 11.5 Å². The molecule has 0 aromatic heterocycles. The van der Waals surface area contributed by atoms with Gasteiger partial charge in [-0.1, -0.05) is 37.6 Å². The summed E-state index contributed by atoms with van der Waals surface area (Å²) in [4.78, 5) is 31.3. The lowest BCUT2D eigenvalue weighted by Crippen LogP contribution is -2.68. The zero-order chi connectivity index (χ0) is 29.7. The molecule has 1 spiro atoms. The molecule has 3 aliphatic heterocycles. The van der Waals surface area contributed by atoms with Crippen molar-refractivity contribution in [2.75, 3.05) is 20.3 Å². The molecule has 2 aromatic carbocycles. The van der Waals surface area contributed by atoms with Crippen LogP contribution in [-0.4, -0.2) is 76.9 Å². The van der Waals surface area contributed by atoms with Crippen LogP contribution >= 0.6 is 0 Å². The summed E-state index contributed by atoms with van der Waals surface area (Å²) >= 11 is 0. The van der Waals surface area contributed by atoms with Crippen molar-refractivity contribution in [1.29, 1.82) is 0 Å². The maximum atomic E-state index is 14.2. The highest BCUT2D eigenvalue weighted by atomic mass is 16.5. The molecule has 3 saturated carbocycles. The Kier molecular flexibility index (Phi) is 6.19. The van der Waals surface area contributed by atoms with Crippen molar-refractivity contribution in [3.05, 3.63) is 58.7 Å². The first-order valence-corrected chi connectivity index (χ1v) is 16.2. The number of fused-ring (bicyclic) bond motifs is 4. The van der Waals surface area contributed by atoms with Crippen molar-refractivity contribution in [3.63, 3.8) is 0 Å². The Morgan fingerprint density at radius 3 is 2.72 bits per heavy atom. The highest BCUT2D eigenvalue weighted by molar-refractivity contribution is 6.00. The molecule has 0 radical (unpaired) electrons. The molecule has 1 saturated heterocycles. The van der Waals surface area contributed by atoms with Gasteiger partial charge in [0.2, 0.25) is 0 Å². The first-order valence-electron chi connectivity index (χ1n) is 16.2. The van der Waals surface area contributed by atoms with E-state index in [2.05, 4.69) is 24.8 Å². The Morgan fingerprint density at radius 1 is 1.14 bits per heavy atom. The van der Waals surface area contributed by atoms with Gasteiger partial charge in [-0.05, 0) is 74.6 Å². The largest absolute Gasteiger partial charge is 0.490 e. The van der Waals surface area contributed by atoms with E-state index in [9.17, 15) is 14.7 Å². The van der Waals surface area contributed by atoms with Gasteiger partial charge < -0.3 is 24.2 Å². The summed E-state index contributed by atoms with van der Waals surface area (Å²) in [6.45, 7) is 5.92. The van der Waals surface area contributed by atoms with Gasteiger partial charge >= 0.3 is 5.97 Å². The lowest BCUT2D eigenvalue weighted by atomic mass is 9.57. The molecule has 6 aliphatic rings. The van der Waals surface area contributed by atoms with Crippen molar-refractivity contribution in [1.82, 2.24) is 9.80 Å². The van der Waals surface area contributed by atoms with Crippen LogP contribution < -0.4 is 9.47 Å². The number of hydrogen-bond donors (Lipinski definition) is 1. The molecule has 0 bridgehead atoms. The SMILES string of the molecule is CCCCOc1ccc(C)c2c1O[C@H]1[C@H](N3C(=O)c4ccccc4C3CC(=O)OC)CC[C@@]3(O)[C@H]4C(C[C@]213)N4CC1CC1. The molecule has 1 amide bonds. The number of aliphatic hydroxyl groups is 1. The van der Waals surface area contributed by atoms with Crippen LogP contribution in [0.5, 0.6) is 11.5 Å². The van der Waals surface area contributed by atoms with Gasteiger partial charge in [0.1, 0.15) is 6.10 Å². The zero-order valence-electron chi connectivity index (χ0n) is 25.4. The Bertz CT molecular complexity index is 1490. The summed E-state index contributed by atoms with van der Waals surface area (Å²) in [6, 6.07) is 11.3. The van der Waals surface area contributed by atoms with Crippen molar-refractivity contribution < 1.29 is 28.9 Å². The number of rotatable bonds is 9. The van der Waals surface area contributed by atoms with Crippen molar-refractivity contribution >= 4 is 11.9 Å². The number of aryl methyl sites for hydroxylation is 1. The van der Waals surface area contributed by atoms with Crippen LogP contribution in [0.25, 0.3) is 0 Å². The van der Waals surface area contributed by atoms with Gasteiger partial charge in [-0.15, -0.1) is 0 Å². The van der Waals surface area contributed by atoms with E-state index in [-0.39, 0.29) is 30.4 Å². The molecule has 228 valence electrons. The number of unbranched alkanes of at least 4 members (excludes halogenated alkanes) is 1. The fourth-order valence-corrected chi connectivity index (χ4v) is 9.42. The van der Waals surface area contributed by atoms with Crippen LogP contribution in [0, 0.1) is 12.8 Å². The lowest BCUT2D eigenvalue weighted by Gasteiger charge is -2.54. The third kappa shape index (κ3) is 3.75. The first-order chi connectivity index (χ1) is 20.8. The molecular weight excluding hydrogens is 544 g/mol. The summed E-state index contributed by atoms with van der Waals surface area (Å²) in [5, 5.41) is 13.0. The van der Waals surface area contributed by atoms with Crippen LogP contribution in [0.3, 0.4) is 0 Å². The van der Waals surface area contributed by atoms with Crippen LogP contribution in [0.4, 0.5) is 0 Å². The van der Waals surface area contributed by atoms with Crippen LogP contribution in [0.2, 0.25) is 0 Å². The van der Waals surface area contributed by atoms with E-state index in [4.69, 9.17) is 14.2 Å². The first kappa shape index (κ1) is 27.4. The number of likely N-dealkylation sites (tertiary alicyclic amines) is 1. The Balaban J connectivity index is 1.23. The summed E-state index contributed by atoms with van der Waals surface area (Å²) in [6.07, 6.45) is 6.14. The summed E-state index contributed by atoms with van der Waals surface area (Å²) < 4.78 is 18.5. The van der Waals surface area contributed by atoms with E-state index in [0.717, 1.165) is 59.9 Å². The number of ether oxygens (including phenoxy) is 3. The second kappa shape index (κ2) is 9.70. The normalized spacial score (nSPS) is 36.3. The molecule has 8 nitrogen and oxygen atoms in total. The fraction of sp³-hybridized carbons (Fsp3) is 0.600. The molecule has 2 aromatic rings. The summed E-state index contributed by atoms with van der Waals surface area (Å²) in [5.74, 6) is 1.78. The number of carbonyl (C=O) groups excluding carboxylic acids is 2. The molecule has 3 aliphatic carbocycles. The molecule has 8 atom stereocenters. The van der Waals surface area contributed by atoms with Crippen molar-refractivity contribution in [2.24, 2.45) is 5.92 Å². The second-order valence-electron chi connectivity index (χ2n) is 13.8. The van der Waals surface area contributed by atoms with Crippen LogP contribution in [-0.2, 0) is 14.9 Å². The average Bonchev–Trinajstić information content (AvgIpc) is 3.87. The second-order valence-corrected chi connectivity index (χ2v) is 13.8. The molecule has 8 heteroatoms. The molecule has 3 unspecified atom stereocenters. The molecule has 4 fully saturated rings. The zero-order valence-corrected chi connectivity index (χ0v) is 25.4. The predicted octanol–water partition coefficient (Wildman–Crippen LogP) is 4.69. The van der Waals surface area contributed by atoms with E-state index < -0.39 is 23.2 Å². The number of benzene rings is 2. The summed E-state index contributed by atoms with van der Waals surface area (Å²) in [7, 11) is 1.39. The molecule has 3 heterocycles. The Hall–Kier alpha value is -3.10. The highest BCUT2D eigenvalue weighted by Gasteiger charge is 2.81. The number of methoxy groups -OCH3 is 1. The molecule has 8 rings (SSSR count). The minimum Gasteiger partial charge on any atom is -0.490 e. The quantitative estimate of drug-likeness (QED) is 0.259. The molecule has 43 heavy (non-hydrogen) atoms. The van der Waals surface area contributed by atoms with E-state index in [1.165, 1.54) is 20.0 Å². The highest BCUT2D eigenvalue weighted by Crippen LogP contribution is 2.71. The average molecular weight is 587 g/mol. The minimum atomic E-state index is -0.973. The number of hydrogen-bond acceptors (Lipinski definition) is 7. The molecule has 1 N–H and O–H groups in total. The minimum absolute atomic E-state index is 0.0793. The number of amides is 1.